The van der Waals surface area contributed by atoms with Gasteiger partial charge < -0.3 is 4.74 Å². The van der Waals surface area contributed by atoms with Crippen molar-refractivity contribution in [1.82, 2.24) is 0 Å². The fourth-order valence-corrected chi connectivity index (χ4v) is 1.65. The molecule has 1 aromatic rings. The van der Waals surface area contributed by atoms with Gasteiger partial charge in [0, 0.05) is 0 Å². The maximum absolute atomic E-state index is 11.2. The summed E-state index contributed by atoms with van der Waals surface area (Å²) in [6.07, 6.45) is 0. The normalized spacial score (nSPS) is 12.0. The Balaban J connectivity index is 3.01. The summed E-state index contributed by atoms with van der Waals surface area (Å²) in [7, 11) is 1.35. The summed E-state index contributed by atoms with van der Waals surface area (Å²) >= 11 is 11.4. The monoisotopic (exact) mass is 400 g/mol. The number of carbonyl (C=O) groups excluding carboxylic acids is 1. The van der Waals surface area contributed by atoms with E-state index < -0.39 is 0 Å². The van der Waals surface area contributed by atoms with E-state index in [9.17, 15) is 4.79 Å². The zero-order chi connectivity index (χ0) is 11.4. The SMILES string of the molecule is COC(=O)c1ccc(/C(Cl)=C(/Br)I)cc1. The van der Waals surface area contributed by atoms with Crippen LogP contribution in [0, 0.1) is 0 Å². The molecule has 0 unspecified atom stereocenters. The van der Waals surface area contributed by atoms with E-state index in [2.05, 4.69) is 43.3 Å². The molecular formula is C10H7BrClIO2. The van der Waals surface area contributed by atoms with Gasteiger partial charge in [0.05, 0.1) is 20.2 Å². The third kappa shape index (κ3) is 3.46. The fraction of sp³-hybridized carbons (Fsp3) is 0.100. The van der Waals surface area contributed by atoms with Crippen molar-refractivity contribution in [2.75, 3.05) is 7.11 Å². The summed E-state index contributed by atoms with van der Waals surface area (Å²) in [4.78, 5) is 11.2. The van der Waals surface area contributed by atoms with Crippen LogP contribution in [0.1, 0.15) is 15.9 Å². The molecule has 1 rings (SSSR count). The van der Waals surface area contributed by atoms with Crippen molar-refractivity contribution in [3.05, 3.63) is 37.9 Å². The van der Waals surface area contributed by atoms with E-state index in [4.69, 9.17) is 11.6 Å². The summed E-state index contributed by atoms with van der Waals surface area (Å²) in [6.45, 7) is 0. The van der Waals surface area contributed by atoms with Gasteiger partial charge in [0.1, 0.15) is 0 Å². The molecule has 0 amide bonds. The predicted octanol–water partition coefficient (Wildman–Crippen LogP) is 4.17. The van der Waals surface area contributed by atoms with E-state index in [0.717, 1.165) is 8.05 Å². The van der Waals surface area contributed by atoms with Crippen molar-refractivity contribution in [1.29, 1.82) is 0 Å². The second-order valence-corrected chi connectivity index (χ2v) is 6.38. The molecule has 5 heteroatoms. The van der Waals surface area contributed by atoms with Gasteiger partial charge in [-0.1, -0.05) is 23.7 Å². The number of carbonyl (C=O) groups is 1. The number of hydrogen-bond donors (Lipinski definition) is 0. The molecule has 2 nitrogen and oxygen atoms in total. The summed E-state index contributed by atoms with van der Waals surface area (Å²) in [5, 5.41) is 0.618. The van der Waals surface area contributed by atoms with Crippen LogP contribution in [-0.4, -0.2) is 13.1 Å². The number of methoxy groups -OCH3 is 1. The van der Waals surface area contributed by atoms with Crippen molar-refractivity contribution in [3.63, 3.8) is 0 Å². The molecule has 0 atom stereocenters. The van der Waals surface area contributed by atoms with E-state index in [1.807, 2.05) is 0 Å². The van der Waals surface area contributed by atoms with Crippen LogP contribution in [0.4, 0.5) is 0 Å². The lowest BCUT2D eigenvalue weighted by Gasteiger charge is -2.02. The van der Waals surface area contributed by atoms with Gasteiger partial charge in [-0.15, -0.1) is 0 Å². The first-order chi connectivity index (χ1) is 7.06. The van der Waals surface area contributed by atoms with Crippen molar-refractivity contribution >= 4 is 61.1 Å². The molecule has 0 bridgehead atoms. The minimum absolute atomic E-state index is 0.352. The van der Waals surface area contributed by atoms with Gasteiger partial charge in [-0.3, -0.25) is 0 Å². The molecule has 0 aromatic heterocycles. The quantitative estimate of drug-likeness (QED) is 0.549. The lowest BCUT2D eigenvalue weighted by atomic mass is 10.1. The Morgan fingerprint density at radius 1 is 1.33 bits per heavy atom. The highest BCUT2D eigenvalue weighted by Gasteiger charge is 2.06. The van der Waals surface area contributed by atoms with Gasteiger partial charge >= 0.3 is 5.97 Å². The molecular weight excluding hydrogens is 394 g/mol. The number of rotatable bonds is 2. The molecule has 0 aliphatic carbocycles. The van der Waals surface area contributed by atoms with Gasteiger partial charge in [0.25, 0.3) is 0 Å². The third-order valence-electron chi connectivity index (χ3n) is 1.73. The fourth-order valence-electron chi connectivity index (χ4n) is 0.980. The molecule has 0 spiro atoms. The molecule has 0 N–H and O–H groups in total. The zero-order valence-electron chi connectivity index (χ0n) is 7.76. The maximum atomic E-state index is 11.2. The van der Waals surface area contributed by atoms with Gasteiger partial charge in [0.2, 0.25) is 0 Å². The minimum Gasteiger partial charge on any atom is -0.465 e. The lowest BCUT2D eigenvalue weighted by Crippen LogP contribution is -2.00. The van der Waals surface area contributed by atoms with Gasteiger partial charge in [-0.05, 0) is 56.2 Å². The number of benzene rings is 1. The highest BCUT2D eigenvalue weighted by molar-refractivity contribution is 14.1. The van der Waals surface area contributed by atoms with E-state index in [-0.39, 0.29) is 5.97 Å². The van der Waals surface area contributed by atoms with E-state index >= 15 is 0 Å². The molecule has 0 aliphatic heterocycles. The molecule has 0 saturated heterocycles. The summed E-state index contributed by atoms with van der Waals surface area (Å²) in [5.74, 6) is -0.352. The molecule has 1 aromatic carbocycles. The Morgan fingerprint density at radius 2 is 1.80 bits per heavy atom. The Hall–Kier alpha value is -0.0700. The summed E-state index contributed by atoms with van der Waals surface area (Å²) in [5.41, 5.74) is 1.36. The second kappa shape index (κ2) is 5.86. The number of ether oxygens (including phenoxy) is 1. The average molecular weight is 401 g/mol. The largest absolute Gasteiger partial charge is 0.465 e. The Kier molecular flexibility index (Phi) is 5.08. The van der Waals surface area contributed by atoms with Crippen LogP contribution >= 0.6 is 50.1 Å². The third-order valence-corrected chi connectivity index (χ3v) is 3.62. The van der Waals surface area contributed by atoms with E-state index in [1.165, 1.54) is 7.11 Å². The average Bonchev–Trinajstić information content (AvgIpc) is 2.27. The second-order valence-electron chi connectivity index (χ2n) is 2.64. The molecule has 0 aliphatic rings. The van der Waals surface area contributed by atoms with Crippen molar-refractivity contribution in [3.8, 4) is 0 Å². The molecule has 80 valence electrons. The first kappa shape index (κ1) is 13.0. The smallest absolute Gasteiger partial charge is 0.337 e. The molecule has 0 radical (unpaired) electrons. The Labute approximate surface area is 115 Å². The molecule has 15 heavy (non-hydrogen) atoms. The van der Waals surface area contributed by atoms with Gasteiger partial charge in [0.15, 0.2) is 0 Å². The Morgan fingerprint density at radius 3 is 2.20 bits per heavy atom. The van der Waals surface area contributed by atoms with E-state index in [0.29, 0.717) is 10.6 Å². The molecule has 0 saturated carbocycles. The lowest BCUT2D eigenvalue weighted by molar-refractivity contribution is 0.0601. The van der Waals surface area contributed by atoms with E-state index in [1.54, 1.807) is 24.3 Å². The van der Waals surface area contributed by atoms with Gasteiger partial charge in [-0.2, -0.15) is 0 Å². The highest BCUT2D eigenvalue weighted by Crippen LogP contribution is 2.30. The molecule has 0 heterocycles. The van der Waals surface area contributed by atoms with Crippen molar-refractivity contribution < 1.29 is 9.53 Å². The first-order valence-electron chi connectivity index (χ1n) is 3.95. The van der Waals surface area contributed by atoms with Crippen LogP contribution in [0.2, 0.25) is 0 Å². The first-order valence-corrected chi connectivity index (χ1v) is 6.20. The van der Waals surface area contributed by atoms with Crippen LogP contribution in [-0.2, 0) is 4.74 Å². The standard InChI is InChI=1S/C10H7BrClIO2/c1-15-10(14)7-4-2-6(3-5-7)8(12)9(11)13/h2-5H,1H3/b9-8+. The topological polar surface area (TPSA) is 26.3 Å². The Bertz CT molecular complexity index is 396. The van der Waals surface area contributed by atoms with Crippen LogP contribution in [0.5, 0.6) is 0 Å². The van der Waals surface area contributed by atoms with Crippen LogP contribution in [0.3, 0.4) is 0 Å². The molecule has 0 fully saturated rings. The zero-order valence-corrected chi connectivity index (χ0v) is 12.3. The highest BCUT2D eigenvalue weighted by atomic mass is 127. The predicted molar refractivity (Wildman–Crippen MR) is 73.5 cm³/mol. The maximum Gasteiger partial charge on any atom is 0.337 e. The van der Waals surface area contributed by atoms with Crippen LogP contribution in [0.25, 0.3) is 5.03 Å². The summed E-state index contributed by atoms with van der Waals surface area (Å²) in [6, 6.07) is 6.90. The number of esters is 1. The van der Waals surface area contributed by atoms with Crippen LogP contribution in [0.15, 0.2) is 26.8 Å². The number of hydrogen-bond acceptors (Lipinski definition) is 2. The van der Waals surface area contributed by atoms with Crippen molar-refractivity contribution in [2.24, 2.45) is 0 Å². The number of halogens is 3. The van der Waals surface area contributed by atoms with Crippen LogP contribution < -0.4 is 0 Å². The summed E-state index contributed by atoms with van der Waals surface area (Å²) < 4.78 is 5.42. The van der Waals surface area contributed by atoms with Crippen molar-refractivity contribution in [2.45, 2.75) is 0 Å². The van der Waals surface area contributed by atoms with Gasteiger partial charge in [-0.25, -0.2) is 4.79 Å². The minimum atomic E-state index is -0.352.